The number of fused-ring (bicyclic) bond motifs is 1. The van der Waals surface area contributed by atoms with Gasteiger partial charge in [-0.25, -0.2) is 13.6 Å². The zero-order valence-electron chi connectivity index (χ0n) is 16.0. The van der Waals surface area contributed by atoms with Crippen molar-refractivity contribution in [1.29, 1.82) is 0 Å². The topological polar surface area (TPSA) is 92.9 Å². The van der Waals surface area contributed by atoms with E-state index < -0.39 is 10.0 Å². The van der Waals surface area contributed by atoms with Gasteiger partial charge >= 0.3 is 0 Å². The molecule has 1 heterocycles. The number of para-hydroxylation sites is 1. The second kappa shape index (κ2) is 8.30. The van der Waals surface area contributed by atoms with Crippen molar-refractivity contribution in [2.75, 3.05) is 27.2 Å². The van der Waals surface area contributed by atoms with Gasteiger partial charge in [-0.1, -0.05) is 30.3 Å². The summed E-state index contributed by atoms with van der Waals surface area (Å²) < 4.78 is 28.7. The van der Waals surface area contributed by atoms with E-state index in [-0.39, 0.29) is 23.3 Å². The number of benzene rings is 2. The lowest BCUT2D eigenvalue weighted by molar-refractivity contribution is -0.134. The first-order chi connectivity index (χ1) is 13.2. The molecular formula is C20H25N3O4S. The lowest BCUT2D eigenvalue weighted by Crippen LogP contribution is -2.47. The van der Waals surface area contributed by atoms with Gasteiger partial charge in [-0.2, -0.15) is 0 Å². The van der Waals surface area contributed by atoms with E-state index in [2.05, 4.69) is 0 Å². The van der Waals surface area contributed by atoms with Crippen LogP contribution in [-0.2, 0) is 27.8 Å². The highest BCUT2D eigenvalue weighted by atomic mass is 32.2. The van der Waals surface area contributed by atoms with Gasteiger partial charge in [-0.15, -0.1) is 0 Å². The van der Waals surface area contributed by atoms with Crippen LogP contribution in [0, 0.1) is 0 Å². The van der Waals surface area contributed by atoms with Crippen LogP contribution in [0.4, 0.5) is 0 Å². The van der Waals surface area contributed by atoms with E-state index in [1.54, 1.807) is 12.1 Å². The minimum Gasteiger partial charge on any atom is -0.491 e. The zero-order valence-corrected chi connectivity index (χ0v) is 16.9. The molecule has 3 rings (SSSR count). The van der Waals surface area contributed by atoms with Crippen molar-refractivity contribution in [3.8, 4) is 5.75 Å². The Balaban J connectivity index is 1.81. The van der Waals surface area contributed by atoms with E-state index in [1.165, 1.54) is 12.1 Å². The van der Waals surface area contributed by atoms with Crippen molar-refractivity contribution in [1.82, 2.24) is 9.80 Å². The third kappa shape index (κ3) is 4.89. The summed E-state index contributed by atoms with van der Waals surface area (Å²) in [5.74, 6) is 0.773. The fourth-order valence-corrected chi connectivity index (χ4v) is 3.82. The average molecular weight is 404 g/mol. The molecule has 0 saturated carbocycles. The molecule has 0 spiro atoms. The number of carbonyl (C=O) groups is 1. The fourth-order valence-electron chi connectivity index (χ4n) is 3.30. The number of ether oxygens (including phenoxy) is 1. The molecule has 0 aliphatic carbocycles. The minimum absolute atomic E-state index is 0.0319. The Bertz CT molecular complexity index is 942. The molecule has 1 aliphatic heterocycles. The van der Waals surface area contributed by atoms with Crippen LogP contribution in [-0.4, -0.2) is 57.4 Å². The highest BCUT2D eigenvalue weighted by molar-refractivity contribution is 7.89. The van der Waals surface area contributed by atoms with Crippen LogP contribution < -0.4 is 9.88 Å². The van der Waals surface area contributed by atoms with Gasteiger partial charge in [0.25, 0.3) is 0 Å². The maximum Gasteiger partial charge on any atom is 0.238 e. The van der Waals surface area contributed by atoms with E-state index >= 15 is 0 Å². The lowest BCUT2D eigenvalue weighted by Gasteiger charge is -2.31. The summed E-state index contributed by atoms with van der Waals surface area (Å²) >= 11 is 0. The van der Waals surface area contributed by atoms with E-state index in [4.69, 9.17) is 9.88 Å². The van der Waals surface area contributed by atoms with Gasteiger partial charge in [0, 0.05) is 18.7 Å². The van der Waals surface area contributed by atoms with Crippen LogP contribution >= 0.6 is 0 Å². The standard InChI is InChI=1S/C20H25N3O4S/c1-22(2)13-17-14-27-19-6-4-3-5-16(19)12-23(17)20(24)11-15-7-9-18(10-8-15)28(21,25)26/h3-10,17H,11-14H2,1-2H3,(H2,21,25,26). The Kier molecular flexibility index (Phi) is 6.02. The first kappa shape index (κ1) is 20.3. The number of carbonyl (C=O) groups excluding carboxylic acids is 1. The molecule has 1 unspecified atom stereocenters. The quantitative estimate of drug-likeness (QED) is 0.811. The molecule has 0 saturated heterocycles. The number of hydrogen-bond donors (Lipinski definition) is 1. The third-order valence-corrected chi connectivity index (χ3v) is 5.62. The third-order valence-electron chi connectivity index (χ3n) is 4.69. The number of sulfonamides is 1. The molecule has 28 heavy (non-hydrogen) atoms. The Hall–Kier alpha value is -2.42. The van der Waals surface area contributed by atoms with E-state index in [1.807, 2.05) is 48.2 Å². The SMILES string of the molecule is CN(C)CC1COc2ccccc2CN1C(=O)Cc1ccc(S(N)(=O)=O)cc1. The summed E-state index contributed by atoms with van der Waals surface area (Å²) in [5, 5.41) is 5.13. The molecule has 2 aromatic carbocycles. The van der Waals surface area contributed by atoms with Gasteiger partial charge in [0.05, 0.1) is 17.4 Å². The van der Waals surface area contributed by atoms with Gasteiger partial charge < -0.3 is 14.5 Å². The smallest absolute Gasteiger partial charge is 0.238 e. The Morgan fingerprint density at radius 2 is 1.86 bits per heavy atom. The van der Waals surface area contributed by atoms with E-state index in [0.717, 1.165) is 16.9 Å². The monoisotopic (exact) mass is 403 g/mol. The van der Waals surface area contributed by atoms with Crippen LogP contribution in [0.3, 0.4) is 0 Å². The molecule has 1 aliphatic rings. The van der Waals surface area contributed by atoms with Gasteiger partial charge in [-0.3, -0.25) is 4.79 Å². The molecule has 1 atom stereocenters. The minimum atomic E-state index is -3.75. The number of amides is 1. The number of nitrogens with zero attached hydrogens (tertiary/aromatic N) is 2. The molecular weight excluding hydrogens is 378 g/mol. The Morgan fingerprint density at radius 1 is 1.18 bits per heavy atom. The van der Waals surface area contributed by atoms with Crippen LogP contribution in [0.2, 0.25) is 0 Å². The summed E-state index contributed by atoms with van der Waals surface area (Å²) in [6.07, 6.45) is 0.178. The first-order valence-corrected chi connectivity index (χ1v) is 10.6. The molecule has 8 heteroatoms. The van der Waals surface area contributed by atoms with Gasteiger partial charge in [-0.05, 0) is 37.9 Å². The van der Waals surface area contributed by atoms with Gasteiger partial charge in [0.1, 0.15) is 12.4 Å². The van der Waals surface area contributed by atoms with Crippen LogP contribution in [0.1, 0.15) is 11.1 Å². The molecule has 0 bridgehead atoms. The number of likely N-dealkylation sites (N-methyl/N-ethyl adjacent to an activating group) is 1. The number of hydrogen-bond acceptors (Lipinski definition) is 5. The molecule has 150 valence electrons. The lowest BCUT2D eigenvalue weighted by atomic mass is 10.1. The van der Waals surface area contributed by atoms with Crippen molar-refractivity contribution >= 4 is 15.9 Å². The van der Waals surface area contributed by atoms with Crippen LogP contribution in [0.25, 0.3) is 0 Å². The Labute approximate surface area is 165 Å². The maximum atomic E-state index is 13.1. The Morgan fingerprint density at radius 3 is 2.50 bits per heavy atom. The second-order valence-electron chi connectivity index (χ2n) is 7.22. The number of rotatable bonds is 5. The van der Waals surface area contributed by atoms with Crippen molar-refractivity contribution < 1.29 is 17.9 Å². The fraction of sp³-hybridized carbons (Fsp3) is 0.350. The van der Waals surface area contributed by atoms with Crippen molar-refractivity contribution in [3.63, 3.8) is 0 Å². The van der Waals surface area contributed by atoms with Gasteiger partial charge in [0.15, 0.2) is 0 Å². The van der Waals surface area contributed by atoms with Crippen LogP contribution in [0.5, 0.6) is 5.75 Å². The summed E-state index contributed by atoms with van der Waals surface area (Å²) in [5.41, 5.74) is 1.71. The van der Waals surface area contributed by atoms with Crippen LogP contribution in [0.15, 0.2) is 53.4 Å². The summed E-state index contributed by atoms with van der Waals surface area (Å²) in [6, 6.07) is 13.8. The van der Waals surface area contributed by atoms with Gasteiger partial charge in [0.2, 0.25) is 15.9 Å². The predicted molar refractivity (Wildman–Crippen MR) is 106 cm³/mol. The molecule has 0 fully saturated rings. The zero-order chi connectivity index (χ0) is 20.3. The average Bonchev–Trinajstić information content (AvgIpc) is 2.81. The molecule has 1 amide bonds. The molecule has 0 aromatic heterocycles. The van der Waals surface area contributed by atoms with E-state index in [9.17, 15) is 13.2 Å². The number of nitrogens with two attached hydrogens (primary N) is 1. The molecule has 7 nitrogen and oxygen atoms in total. The van der Waals surface area contributed by atoms with Crippen molar-refractivity contribution in [2.24, 2.45) is 5.14 Å². The highest BCUT2D eigenvalue weighted by Crippen LogP contribution is 2.25. The molecule has 2 N–H and O–H groups in total. The molecule has 0 radical (unpaired) electrons. The first-order valence-electron chi connectivity index (χ1n) is 9.00. The second-order valence-corrected chi connectivity index (χ2v) is 8.78. The van der Waals surface area contributed by atoms with Crippen molar-refractivity contribution in [3.05, 3.63) is 59.7 Å². The van der Waals surface area contributed by atoms with E-state index in [0.29, 0.717) is 19.7 Å². The summed E-state index contributed by atoms with van der Waals surface area (Å²) in [6.45, 7) is 1.58. The largest absolute Gasteiger partial charge is 0.491 e. The normalized spacial score (nSPS) is 17.0. The summed E-state index contributed by atoms with van der Waals surface area (Å²) in [7, 11) is 0.183. The highest BCUT2D eigenvalue weighted by Gasteiger charge is 2.29. The number of primary sulfonamides is 1. The molecule has 2 aromatic rings. The summed E-state index contributed by atoms with van der Waals surface area (Å²) in [4.78, 5) is 17.0. The predicted octanol–water partition coefficient (Wildman–Crippen LogP) is 1.23. The van der Waals surface area contributed by atoms with Crippen molar-refractivity contribution in [2.45, 2.75) is 23.9 Å². The maximum absolute atomic E-state index is 13.1.